The van der Waals surface area contributed by atoms with Gasteiger partial charge in [-0.2, -0.15) is 0 Å². The van der Waals surface area contributed by atoms with Crippen molar-refractivity contribution in [3.05, 3.63) is 30.3 Å². The lowest BCUT2D eigenvalue weighted by atomic mass is 10.2. The molecule has 1 aromatic carbocycles. The maximum Gasteiger partial charge on any atom is 0.321 e. The summed E-state index contributed by atoms with van der Waals surface area (Å²) in [7, 11) is 0. The van der Waals surface area contributed by atoms with Crippen LogP contribution in [0.3, 0.4) is 0 Å². The van der Waals surface area contributed by atoms with Gasteiger partial charge < -0.3 is 15.5 Å². The predicted molar refractivity (Wildman–Crippen MR) is 71.7 cm³/mol. The third kappa shape index (κ3) is 3.91. The highest BCUT2D eigenvalue weighted by atomic mass is 35.5. The van der Waals surface area contributed by atoms with Gasteiger partial charge in [0.2, 0.25) is 0 Å². The molecule has 1 aromatic rings. The number of hydrogen-bond donors (Lipinski definition) is 2. The molecule has 0 bridgehead atoms. The van der Waals surface area contributed by atoms with E-state index < -0.39 is 0 Å². The first-order valence-electron chi connectivity index (χ1n) is 5.60. The normalized spacial score (nSPS) is 19.4. The van der Waals surface area contributed by atoms with Crippen LogP contribution in [0.25, 0.3) is 0 Å². The largest absolute Gasteiger partial charge is 0.322 e. The average Bonchev–Trinajstić information content (AvgIpc) is 2.30. The Hall–Kier alpha value is -1.26. The van der Waals surface area contributed by atoms with Gasteiger partial charge in [-0.15, -0.1) is 12.4 Å². The van der Waals surface area contributed by atoms with Crippen LogP contribution in [0.4, 0.5) is 10.5 Å². The molecule has 0 aliphatic carbocycles. The summed E-state index contributed by atoms with van der Waals surface area (Å²) in [6.45, 7) is 4.48. The third-order valence-electron chi connectivity index (χ3n) is 2.68. The molecule has 2 amide bonds. The molecule has 0 spiro atoms. The summed E-state index contributed by atoms with van der Waals surface area (Å²) in [5.74, 6) is 0. The molecule has 2 N–H and O–H groups in total. The highest BCUT2D eigenvalue weighted by Gasteiger charge is 2.19. The van der Waals surface area contributed by atoms with Crippen molar-refractivity contribution < 1.29 is 4.79 Å². The van der Waals surface area contributed by atoms with Crippen molar-refractivity contribution in [2.24, 2.45) is 0 Å². The number of piperazine rings is 1. The number of carbonyl (C=O) groups excluding carboxylic acids is 1. The van der Waals surface area contributed by atoms with Gasteiger partial charge in [0.1, 0.15) is 0 Å². The van der Waals surface area contributed by atoms with E-state index in [1.165, 1.54) is 0 Å². The van der Waals surface area contributed by atoms with E-state index in [2.05, 4.69) is 17.6 Å². The molecule has 1 aliphatic heterocycles. The molecule has 4 nitrogen and oxygen atoms in total. The quantitative estimate of drug-likeness (QED) is 0.806. The fraction of sp³-hybridized carbons (Fsp3) is 0.417. The fourth-order valence-corrected chi connectivity index (χ4v) is 1.84. The number of halogens is 1. The second-order valence-corrected chi connectivity index (χ2v) is 4.10. The van der Waals surface area contributed by atoms with Crippen LogP contribution >= 0.6 is 12.4 Å². The van der Waals surface area contributed by atoms with Gasteiger partial charge in [-0.25, -0.2) is 4.79 Å². The SMILES string of the molecule is C[C@H]1CN(C(=O)Nc2ccccc2)CCN1.Cl. The monoisotopic (exact) mass is 255 g/mol. The van der Waals surface area contributed by atoms with Crippen LogP contribution in [0.5, 0.6) is 0 Å². The van der Waals surface area contributed by atoms with Crippen molar-refractivity contribution in [2.75, 3.05) is 25.0 Å². The number of amides is 2. The maximum absolute atomic E-state index is 11.9. The summed E-state index contributed by atoms with van der Waals surface area (Å²) < 4.78 is 0. The second-order valence-electron chi connectivity index (χ2n) is 4.10. The molecule has 5 heteroatoms. The lowest BCUT2D eigenvalue weighted by molar-refractivity contribution is 0.192. The molecule has 1 saturated heterocycles. The number of nitrogens with one attached hydrogen (secondary N) is 2. The summed E-state index contributed by atoms with van der Waals surface area (Å²) >= 11 is 0. The molecule has 0 saturated carbocycles. The molecular formula is C12H18ClN3O. The summed E-state index contributed by atoms with van der Waals surface area (Å²) in [5, 5.41) is 6.20. The minimum absolute atomic E-state index is 0. The standard InChI is InChI=1S/C12H17N3O.ClH/c1-10-9-15(8-7-13-10)12(16)14-11-5-3-2-4-6-11;/h2-6,10,13H,7-9H2,1H3,(H,14,16);1H/t10-;/m0./s1. The van der Waals surface area contributed by atoms with Gasteiger partial charge in [0.15, 0.2) is 0 Å². The maximum atomic E-state index is 11.9. The average molecular weight is 256 g/mol. The van der Waals surface area contributed by atoms with Crippen molar-refractivity contribution in [2.45, 2.75) is 13.0 Å². The van der Waals surface area contributed by atoms with Gasteiger partial charge in [-0.3, -0.25) is 0 Å². The van der Waals surface area contributed by atoms with Gasteiger partial charge in [-0.1, -0.05) is 18.2 Å². The zero-order valence-corrected chi connectivity index (χ0v) is 10.7. The molecule has 1 atom stereocenters. The van der Waals surface area contributed by atoms with E-state index in [1.54, 1.807) is 0 Å². The van der Waals surface area contributed by atoms with Crippen molar-refractivity contribution in [3.63, 3.8) is 0 Å². The van der Waals surface area contributed by atoms with Crippen molar-refractivity contribution in [3.8, 4) is 0 Å². The first-order chi connectivity index (χ1) is 7.75. The number of anilines is 1. The number of benzene rings is 1. The highest BCUT2D eigenvalue weighted by Crippen LogP contribution is 2.07. The molecular weight excluding hydrogens is 238 g/mol. The number of hydrogen-bond acceptors (Lipinski definition) is 2. The first-order valence-corrected chi connectivity index (χ1v) is 5.60. The zero-order chi connectivity index (χ0) is 11.4. The van der Waals surface area contributed by atoms with E-state index in [1.807, 2.05) is 35.2 Å². The van der Waals surface area contributed by atoms with Gasteiger partial charge in [0, 0.05) is 31.4 Å². The minimum atomic E-state index is -0.0143. The zero-order valence-electron chi connectivity index (χ0n) is 9.85. The topological polar surface area (TPSA) is 44.4 Å². The predicted octanol–water partition coefficient (Wildman–Crippen LogP) is 1.93. The Morgan fingerprint density at radius 3 is 2.76 bits per heavy atom. The molecule has 0 aromatic heterocycles. The number of urea groups is 1. The first kappa shape index (κ1) is 13.8. The third-order valence-corrected chi connectivity index (χ3v) is 2.68. The van der Waals surface area contributed by atoms with Crippen LogP contribution in [0.1, 0.15) is 6.92 Å². The fourth-order valence-electron chi connectivity index (χ4n) is 1.84. The van der Waals surface area contributed by atoms with Gasteiger partial charge in [0.25, 0.3) is 0 Å². The molecule has 94 valence electrons. The van der Waals surface area contributed by atoms with E-state index in [4.69, 9.17) is 0 Å². The molecule has 0 radical (unpaired) electrons. The summed E-state index contributed by atoms with van der Waals surface area (Å²) in [4.78, 5) is 13.7. The molecule has 17 heavy (non-hydrogen) atoms. The Kier molecular flexibility index (Phi) is 5.25. The Morgan fingerprint density at radius 2 is 2.12 bits per heavy atom. The Bertz CT molecular complexity index is 358. The molecule has 0 unspecified atom stereocenters. The number of rotatable bonds is 1. The number of nitrogens with zero attached hydrogens (tertiary/aromatic N) is 1. The number of carbonyl (C=O) groups is 1. The van der Waals surface area contributed by atoms with Gasteiger partial charge in [0.05, 0.1) is 0 Å². The Morgan fingerprint density at radius 1 is 1.41 bits per heavy atom. The van der Waals surface area contributed by atoms with Gasteiger partial charge in [-0.05, 0) is 19.1 Å². The number of para-hydroxylation sites is 1. The van der Waals surface area contributed by atoms with E-state index >= 15 is 0 Å². The van der Waals surface area contributed by atoms with Crippen LogP contribution < -0.4 is 10.6 Å². The van der Waals surface area contributed by atoms with E-state index in [9.17, 15) is 4.79 Å². The smallest absolute Gasteiger partial charge is 0.321 e. The highest BCUT2D eigenvalue weighted by molar-refractivity contribution is 5.89. The van der Waals surface area contributed by atoms with Crippen LogP contribution in [0.2, 0.25) is 0 Å². The van der Waals surface area contributed by atoms with E-state index in [0.717, 1.165) is 25.3 Å². The van der Waals surface area contributed by atoms with Crippen molar-refractivity contribution >= 4 is 24.1 Å². The molecule has 1 aliphatic rings. The summed E-state index contributed by atoms with van der Waals surface area (Å²) in [5.41, 5.74) is 0.846. The van der Waals surface area contributed by atoms with Crippen LogP contribution in [-0.2, 0) is 0 Å². The van der Waals surface area contributed by atoms with Crippen LogP contribution in [-0.4, -0.2) is 36.6 Å². The lowest BCUT2D eigenvalue weighted by Crippen LogP contribution is -2.52. The minimum Gasteiger partial charge on any atom is -0.322 e. The van der Waals surface area contributed by atoms with Crippen molar-refractivity contribution in [1.29, 1.82) is 0 Å². The summed E-state index contributed by atoms with van der Waals surface area (Å²) in [6, 6.07) is 9.90. The van der Waals surface area contributed by atoms with E-state index in [0.29, 0.717) is 6.04 Å². The Balaban J connectivity index is 0.00000144. The molecule has 2 rings (SSSR count). The molecule has 1 heterocycles. The Labute approximate surface area is 108 Å². The van der Waals surface area contributed by atoms with E-state index in [-0.39, 0.29) is 18.4 Å². The molecule has 1 fully saturated rings. The van der Waals surface area contributed by atoms with Crippen LogP contribution in [0, 0.1) is 0 Å². The lowest BCUT2D eigenvalue weighted by Gasteiger charge is -2.31. The van der Waals surface area contributed by atoms with Crippen LogP contribution in [0.15, 0.2) is 30.3 Å². The summed E-state index contributed by atoms with van der Waals surface area (Å²) in [6.07, 6.45) is 0. The van der Waals surface area contributed by atoms with Crippen molar-refractivity contribution in [1.82, 2.24) is 10.2 Å². The van der Waals surface area contributed by atoms with Gasteiger partial charge >= 0.3 is 6.03 Å². The second kappa shape index (κ2) is 6.47.